The van der Waals surface area contributed by atoms with Crippen LogP contribution < -0.4 is 0 Å². The van der Waals surface area contributed by atoms with Gasteiger partial charge in [-0.2, -0.15) is 4.89 Å². The second kappa shape index (κ2) is 5.92. The predicted octanol–water partition coefficient (Wildman–Crippen LogP) is 1.84. The van der Waals surface area contributed by atoms with Crippen molar-refractivity contribution in [2.24, 2.45) is 0 Å². The summed E-state index contributed by atoms with van der Waals surface area (Å²) in [4.78, 5) is 19.7. The fraction of sp³-hybridized carbons (Fsp3) is 0.625. The van der Waals surface area contributed by atoms with E-state index in [0.29, 0.717) is 0 Å². The molecule has 0 aromatic carbocycles. The van der Waals surface area contributed by atoms with Crippen LogP contribution in [0, 0.1) is 0 Å². The van der Waals surface area contributed by atoms with Crippen LogP contribution in [0.4, 0.5) is 0 Å². The lowest BCUT2D eigenvalue weighted by molar-refractivity contribution is -0.290. The van der Waals surface area contributed by atoms with Gasteiger partial charge in [0, 0.05) is 6.08 Å². The van der Waals surface area contributed by atoms with Crippen LogP contribution in [-0.4, -0.2) is 12.1 Å². The molecule has 3 nitrogen and oxygen atoms in total. The zero-order chi connectivity index (χ0) is 8.69. The van der Waals surface area contributed by atoms with Gasteiger partial charge in [-0.05, 0) is 20.3 Å². The van der Waals surface area contributed by atoms with Gasteiger partial charge in [0.1, 0.15) is 6.10 Å². The first-order valence-electron chi connectivity index (χ1n) is 3.70. The Labute approximate surface area is 66.9 Å². The largest absolute Gasteiger partial charge is 0.365 e. The lowest BCUT2D eigenvalue weighted by Gasteiger charge is -2.06. The van der Waals surface area contributed by atoms with Gasteiger partial charge in [-0.25, -0.2) is 4.79 Å². The van der Waals surface area contributed by atoms with E-state index in [2.05, 4.69) is 4.89 Å². The molecule has 3 heteroatoms. The van der Waals surface area contributed by atoms with Crippen molar-refractivity contribution in [2.45, 2.75) is 33.3 Å². The minimum Gasteiger partial charge on any atom is -0.293 e. The van der Waals surface area contributed by atoms with E-state index in [1.165, 1.54) is 6.08 Å². The van der Waals surface area contributed by atoms with E-state index in [-0.39, 0.29) is 6.10 Å². The number of carbonyl (C=O) groups excluding carboxylic acids is 1. The number of carbonyl (C=O) groups is 1. The summed E-state index contributed by atoms with van der Waals surface area (Å²) < 4.78 is 0. The molecule has 0 fully saturated rings. The molecule has 0 bridgehead atoms. The van der Waals surface area contributed by atoms with Gasteiger partial charge < -0.3 is 0 Å². The molecule has 0 rings (SSSR count). The van der Waals surface area contributed by atoms with Gasteiger partial charge in [-0.3, -0.25) is 4.89 Å². The van der Waals surface area contributed by atoms with Crippen molar-refractivity contribution in [2.75, 3.05) is 0 Å². The fourth-order valence-electron chi connectivity index (χ4n) is 0.361. The van der Waals surface area contributed by atoms with E-state index in [9.17, 15) is 4.79 Å². The third-order valence-corrected chi connectivity index (χ3v) is 1.17. The lowest BCUT2D eigenvalue weighted by Crippen LogP contribution is -2.10. The third-order valence-electron chi connectivity index (χ3n) is 1.17. The number of hydrogen-bond donors (Lipinski definition) is 0. The van der Waals surface area contributed by atoms with Gasteiger partial charge in [0.2, 0.25) is 0 Å². The minimum absolute atomic E-state index is 0.0378. The molecule has 0 heterocycles. The molecule has 0 aromatic rings. The fourth-order valence-corrected chi connectivity index (χ4v) is 0.361. The molecule has 64 valence electrons. The van der Waals surface area contributed by atoms with Crippen LogP contribution in [0.2, 0.25) is 0 Å². The van der Waals surface area contributed by atoms with E-state index in [1.807, 2.05) is 13.8 Å². The Morgan fingerprint density at radius 1 is 1.64 bits per heavy atom. The quantitative estimate of drug-likeness (QED) is 0.356. The summed E-state index contributed by atoms with van der Waals surface area (Å²) in [5.41, 5.74) is 0. The SMILES string of the molecule is CC=CC(=O)OOC(C)CC. The molecular weight excluding hydrogens is 144 g/mol. The first-order chi connectivity index (χ1) is 5.20. The van der Waals surface area contributed by atoms with Crippen LogP contribution in [0.1, 0.15) is 27.2 Å². The zero-order valence-electron chi connectivity index (χ0n) is 7.16. The van der Waals surface area contributed by atoms with Gasteiger partial charge in [0.25, 0.3) is 0 Å². The maximum Gasteiger partial charge on any atom is 0.365 e. The van der Waals surface area contributed by atoms with E-state index in [4.69, 9.17) is 4.89 Å². The Balaban J connectivity index is 3.45. The predicted molar refractivity (Wildman–Crippen MR) is 41.7 cm³/mol. The number of hydrogen-bond acceptors (Lipinski definition) is 3. The van der Waals surface area contributed by atoms with Gasteiger partial charge in [0.15, 0.2) is 0 Å². The maximum atomic E-state index is 10.6. The molecule has 0 saturated heterocycles. The van der Waals surface area contributed by atoms with Gasteiger partial charge in [-0.15, -0.1) is 0 Å². The van der Waals surface area contributed by atoms with E-state index < -0.39 is 5.97 Å². The van der Waals surface area contributed by atoms with E-state index >= 15 is 0 Å². The molecule has 0 saturated carbocycles. The smallest absolute Gasteiger partial charge is 0.293 e. The Morgan fingerprint density at radius 3 is 2.73 bits per heavy atom. The first-order valence-corrected chi connectivity index (χ1v) is 3.70. The average molecular weight is 158 g/mol. The van der Waals surface area contributed by atoms with Crippen molar-refractivity contribution in [3.05, 3.63) is 12.2 Å². The van der Waals surface area contributed by atoms with Crippen molar-refractivity contribution in [3.8, 4) is 0 Å². The van der Waals surface area contributed by atoms with E-state index in [1.54, 1.807) is 13.0 Å². The lowest BCUT2D eigenvalue weighted by atomic mass is 10.3. The van der Waals surface area contributed by atoms with Gasteiger partial charge >= 0.3 is 5.97 Å². The highest BCUT2D eigenvalue weighted by Crippen LogP contribution is 1.96. The van der Waals surface area contributed by atoms with Crippen LogP contribution in [0.15, 0.2) is 12.2 Å². The highest BCUT2D eigenvalue weighted by molar-refractivity contribution is 5.81. The number of allylic oxidation sites excluding steroid dienone is 1. The molecule has 0 aliphatic carbocycles. The molecule has 1 atom stereocenters. The summed E-state index contributed by atoms with van der Waals surface area (Å²) in [6, 6.07) is 0. The van der Waals surface area contributed by atoms with Crippen molar-refractivity contribution < 1.29 is 14.6 Å². The molecule has 0 amide bonds. The second-order valence-electron chi connectivity index (χ2n) is 2.22. The van der Waals surface area contributed by atoms with Crippen LogP contribution in [-0.2, 0) is 14.6 Å². The van der Waals surface area contributed by atoms with Gasteiger partial charge in [0.05, 0.1) is 0 Å². The van der Waals surface area contributed by atoms with Crippen molar-refractivity contribution in [1.82, 2.24) is 0 Å². The molecule has 0 spiro atoms. The van der Waals surface area contributed by atoms with E-state index in [0.717, 1.165) is 6.42 Å². The molecule has 11 heavy (non-hydrogen) atoms. The third kappa shape index (κ3) is 5.61. The summed E-state index contributed by atoms with van der Waals surface area (Å²) in [6.45, 7) is 5.53. The highest BCUT2D eigenvalue weighted by atomic mass is 17.2. The second-order valence-corrected chi connectivity index (χ2v) is 2.22. The van der Waals surface area contributed by atoms with Crippen molar-refractivity contribution >= 4 is 5.97 Å². The minimum atomic E-state index is -0.465. The monoisotopic (exact) mass is 158 g/mol. The molecule has 0 radical (unpaired) electrons. The standard InChI is InChI=1S/C8H14O3/c1-4-6-8(9)11-10-7(3)5-2/h4,6-7H,5H2,1-3H3. The summed E-state index contributed by atoms with van der Waals surface area (Å²) >= 11 is 0. The van der Waals surface area contributed by atoms with Crippen molar-refractivity contribution in [1.29, 1.82) is 0 Å². The highest BCUT2D eigenvalue weighted by Gasteiger charge is 2.02. The molecule has 0 aromatic heterocycles. The van der Waals surface area contributed by atoms with Crippen LogP contribution in [0.5, 0.6) is 0 Å². The Kier molecular flexibility index (Phi) is 5.47. The van der Waals surface area contributed by atoms with Gasteiger partial charge in [-0.1, -0.05) is 13.0 Å². The maximum absolute atomic E-state index is 10.6. The van der Waals surface area contributed by atoms with Crippen LogP contribution in [0.3, 0.4) is 0 Å². The zero-order valence-corrected chi connectivity index (χ0v) is 7.16. The Hall–Kier alpha value is -0.830. The number of rotatable bonds is 4. The summed E-state index contributed by atoms with van der Waals surface area (Å²) in [7, 11) is 0. The Bertz CT molecular complexity index is 140. The molecule has 0 aliphatic heterocycles. The molecule has 0 aliphatic rings. The normalized spacial score (nSPS) is 13.4. The summed E-state index contributed by atoms with van der Waals surface area (Å²) in [5.74, 6) is -0.465. The molecule has 1 unspecified atom stereocenters. The first kappa shape index (κ1) is 10.2. The average Bonchev–Trinajstić information content (AvgIpc) is 2.01. The van der Waals surface area contributed by atoms with Crippen molar-refractivity contribution in [3.63, 3.8) is 0 Å². The van der Waals surface area contributed by atoms with Crippen LogP contribution in [0.25, 0.3) is 0 Å². The molecule has 0 N–H and O–H groups in total. The summed E-state index contributed by atoms with van der Waals surface area (Å²) in [6.07, 6.45) is 3.69. The van der Waals surface area contributed by atoms with Crippen LogP contribution >= 0.6 is 0 Å². The molecular formula is C8H14O3. The Morgan fingerprint density at radius 2 is 2.27 bits per heavy atom. The topological polar surface area (TPSA) is 35.5 Å². The summed E-state index contributed by atoms with van der Waals surface area (Å²) in [5, 5.41) is 0.